The van der Waals surface area contributed by atoms with E-state index in [1.807, 2.05) is 11.3 Å². The van der Waals surface area contributed by atoms with E-state index in [2.05, 4.69) is 44.1 Å². The summed E-state index contributed by atoms with van der Waals surface area (Å²) in [7, 11) is 0. The first-order chi connectivity index (χ1) is 8.22. The number of rotatable bonds is 2. The molecule has 1 unspecified atom stereocenters. The van der Waals surface area contributed by atoms with Crippen LogP contribution in [0.15, 0.2) is 15.9 Å². The number of nitrogens with zero attached hydrogens (tertiary/aromatic N) is 2. The van der Waals surface area contributed by atoms with Crippen molar-refractivity contribution >= 4 is 27.3 Å². The third-order valence-electron chi connectivity index (χ3n) is 4.05. The second-order valence-corrected chi connectivity index (χ2v) is 7.21. The minimum atomic E-state index is 0.699. The van der Waals surface area contributed by atoms with Gasteiger partial charge in [0.2, 0.25) is 0 Å². The molecule has 4 heteroatoms. The molecule has 2 saturated heterocycles. The fourth-order valence-corrected chi connectivity index (χ4v) is 4.58. The van der Waals surface area contributed by atoms with Crippen molar-refractivity contribution in [3.63, 3.8) is 0 Å². The van der Waals surface area contributed by atoms with Crippen LogP contribution < -0.4 is 0 Å². The molecule has 2 aliphatic rings. The second kappa shape index (κ2) is 5.00. The topological polar surface area (TPSA) is 6.48 Å². The SMILES string of the molecule is C[C@H]1CN2CCCC2CN1Cc1cc(Br)cs1. The van der Waals surface area contributed by atoms with Gasteiger partial charge in [-0.25, -0.2) is 0 Å². The average Bonchev–Trinajstić information content (AvgIpc) is 2.88. The highest BCUT2D eigenvalue weighted by Crippen LogP contribution is 2.27. The zero-order valence-electron chi connectivity index (χ0n) is 10.2. The van der Waals surface area contributed by atoms with Gasteiger partial charge in [0.1, 0.15) is 0 Å². The molecule has 94 valence electrons. The number of piperazine rings is 1. The summed E-state index contributed by atoms with van der Waals surface area (Å²) >= 11 is 5.41. The number of hydrogen-bond donors (Lipinski definition) is 0. The molecule has 0 aliphatic carbocycles. The number of halogens is 1. The molecule has 3 heterocycles. The smallest absolute Gasteiger partial charge is 0.0332 e. The molecule has 1 aromatic rings. The van der Waals surface area contributed by atoms with Crippen molar-refractivity contribution in [2.45, 2.75) is 38.4 Å². The zero-order valence-corrected chi connectivity index (χ0v) is 12.6. The van der Waals surface area contributed by atoms with Crippen molar-refractivity contribution < 1.29 is 0 Å². The van der Waals surface area contributed by atoms with Crippen molar-refractivity contribution in [1.82, 2.24) is 9.80 Å². The Kier molecular flexibility index (Phi) is 3.57. The van der Waals surface area contributed by atoms with Crippen LogP contribution in [0.1, 0.15) is 24.6 Å². The van der Waals surface area contributed by atoms with Crippen LogP contribution in [0, 0.1) is 0 Å². The van der Waals surface area contributed by atoms with Crippen LogP contribution in [0.5, 0.6) is 0 Å². The molecule has 2 atom stereocenters. The van der Waals surface area contributed by atoms with Gasteiger partial charge in [-0.1, -0.05) is 0 Å². The normalized spacial score (nSPS) is 30.7. The Morgan fingerprint density at radius 1 is 1.47 bits per heavy atom. The van der Waals surface area contributed by atoms with E-state index < -0.39 is 0 Å². The third-order valence-corrected chi connectivity index (χ3v) is 5.73. The molecule has 0 aromatic carbocycles. The molecule has 3 rings (SSSR count). The molecule has 0 saturated carbocycles. The molecule has 2 nitrogen and oxygen atoms in total. The molecule has 0 spiro atoms. The van der Waals surface area contributed by atoms with Crippen molar-refractivity contribution in [3.8, 4) is 0 Å². The lowest BCUT2D eigenvalue weighted by atomic mass is 10.1. The van der Waals surface area contributed by atoms with Crippen molar-refractivity contribution in [2.24, 2.45) is 0 Å². The van der Waals surface area contributed by atoms with Gasteiger partial charge in [0.05, 0.1) is 0 Å². The zero-order chi connectivity index (χ0) is 11.8. The van der Waals surface area contributed by atoms with E-state index in [9.17, 15) is 0 Å². The fraction of sp³-hybridized carbons (Fsp3) is 0.692. The highest BCUT2D eigenvalue weighted by molar-refractivity contribution is 9.10. The van der Waals surface area contributed by atoms with Gasteiger partial charge in [0.25, 0.3) is 0 Å². The van der Waals surface area contributed by atoms with E-state index >= 15 is 0 Å². The Morgan fingerprint density at radius 3 is 3.12 bits per heavy atom. The summed E-state index contributed by atoms with van der Waals surface area (Å²) in [4.78, 5) is 6.83. The molecule has 0 bridgehead atoms. The first-order valence-electron chi connectivity index (χ1n) is 6.43. The Hall–Kier alpha value is 0.1000. The lowest BCUT2D eigenvalue weighted by Gasteiger charge is -2.42. The van der Waals surface area contributed by atoms with Gasteiger partial charge in [0, 0.05) is 46.4 Å². The summed E-state index contributed by atoms with van der Waals surface area (Å²) in [5, 5.41) is 2.19. The van der Waals surface area contributed by atoms with Crippen molar-refractivity contribution in [1.29, 1.82) is 0 Å². The molecule has 0 radical (unpaired) electrons. The highest BCUT2D eigenvalue weighted by atomic mass is 79.9. The van der Waals surface area contributed by atoms with Crippen molar-refractivity contribution in [3.05, 3.63) is 20.8 Å². The second-order valence-electron chi connectivity index (χ2n) is 5.30. The minimum absolute atomic E-state index is 0.699. The van der Waals surface area contributed by atoms with Gasteiger partial charge in [-0.3, -0.25) is 9.80 Å². The predicted octanol–water partition coefficient (Wildman–Crippen LogP) is 3.18. The average molecular weight is 315 g/mol. The van der Waals surface area contributed by atoms with Crippen LogP contribution in [0.3, 0.4) is 0 Å². The van der Waals surface area contributed by atoms with Crippen LogP contribution >= 0.6 is 27.3 Å². The molecule has 0 N–H and O–H groups in total. The summed E-state index contributed by atoms with van der Waals surface area (Å²) in [5.41, 5.74) is 0. The van der Waals surface area contributed by atoms with Crippen LogP contribution in [0.4, 0.5) is 0 Å². The summed E-state index contributed by atoms with van der Waals surface area (Å²) in [6.07, 6.45) is 2.80. The summed E-state index contributed by atoms with van der Waals surface area (Å²) in [5.74, 6) is 0. The van der Waals surface area contributed by atoms with E-state index in [1.165, 1.54) is 41.8 Å². The minimum Gasteiger partial charge on any atom is -0.298 e. The molecule has 2 aliphatic heterocycles. The molecule has 1 aromatic heterocycles. The Bertz CT molecular complexity index is 393. The number of fused-ring (bicyclic) bond motifs is 1. The highest BCUT2D eigenvalue weighted by Gasteiger charge is 2.34. The van der Waals surface area contributed by atoms with Gasteiger partial charge >= 0.3 is 0 Å². The largest absolute Gasteiger partial charge is 0.298 e. The third kappa shape index (κ3) is 2.60. The van der Waals surface area contributed by atoms with E-state index in [-0.39, 0.29) is 0 Å². The summed E-state index contributed by atoms with van der Waals surface area (Å²) < 4.78 is 1.23. The first kappa shape index (κ1) is 12.2. The van der Waals surface area contributed by atoms with Crippen LogP contribution in [-0.4, -0.2) is 41.5 Å². The van der Waals surface area contributed by atoms with E-state index in [0.717, 1.165) is 12.6 Å². The number of hydrogen-bond acceptors (Lipinski definition) is 3. The standard InChI is InChI=1S/C13H19BrN2S/c1-10-6-15-4-2-3-12(15)7-16(10)8-13-5-11(14)9-17-13/h5,9-10,12H,2-4,6-8H2,1H3/t10-,12?/m0/s1. The summed E-state index contributed by atoms with van der Waals surface area (Å²) in [6.45, 7) is 7.35. The maximum Gasteiger partial charge on any atom is 0.0332 e. The maximum absolute atomic E-state index is 3.54. The van der Waals surface area contributed by atoms with E-state index in [4.69, 9.17) is 0 Å². The quantitative estimate of drug-likeness (QED) is 0.827. The Morgan fingerprint density at radius 2 is 2.35 bits per heavy atom. The monoisotopic (exact) mass is 314 g/mol. The molecular weight excluding hydrogens is 296 g/mol. The van der Waals surface area contributed by atoms with Gasteiger partial charge in [-0.2, -0.15) is 0 Å². The van der Waals surface area contributed by atoms with Crippen molar-refractivity contribution in [2.75, 3.05) is 19.6 Å². The van der Waals surface area contributed by atoms with Gasteiger partial charge < -0.3 is 0 Å². The first-order valence-corrected chi connectivity index (χ1v) is 8.10. The van der Waals surface area contributed by atoms with Gasteiger partial charge in [-0.15, -0.1) is 11.3 Å². The lowest BCUT2D eigenvalue weighted by molar-refractivity contribution is 0.0547. The van der Waals surface area contributed by atoms with Gasteiger partial charge in [-0.05, 0) is 48.3 Å². The van der Waals surface area contributed by atoms with E-state index in [0.29, 0.717) is 6.04 Å². The Labute approximate surface area is 116 Å². The van der Waals surface area contributed by atoms with Gasteiger partial charge in [0.15, 0.2) is 0 Å². The molecule has 17 heavy (non-hydrogen) atoms. The van der Waals surface area contributed by atoms with Crippen LogP contribution in [0.2, 0.25) is 0 Å². The molecule has 0 amide bonds. The maximum atomic E-state index is 3.54. The fourth-order valence-electron chi connectivity index (χ4n) is 3.11. The predicted molar refractivity (Wildman–Crippen MR) is 76.5 cm³/mol. The Balaban J connectivity index is 1.66. The summed E-state index contributed by atoms with van der Waals surface area (Å²) in [6, 6.07) is 3.79. The molecular formula is C13H19BrN2S. The van der Waals surface area contributed by atoms with E-state index in [1.54, 1.807) is 0 Å². The molecule has 2 fully saturated rings. The van der Waals surface area contributed by atoms with Crippen LogP contribution in [0.25, 0.3) is 0 Å². The number of thiophene rings is 1. The lowest BCUT2D eigenvalue weighted by Crippen LogP contribution is -2.54. The van der Waals surface area contributed by atoms with Crippen LogP contribution in [-0.2, 0) is 6.54 Å².